The number of hydrogen-bond acceptors (Lipinski definition) is 16. The smallest absolute Gasteiger partial charge is 0.338 e. The molecule has 17 heteroatoms. The van der Waals surface area contributed by atoms with Gasteiger partial charge in [-0.2, -0.15) is 0 Å². The first kappa shape index (κ1) is 46.7. The van der Waals surface area contributed by atoms with Crippen molar-refractivity contribution in [2.24, 2.45) is 0 Å². The van der Waals surface area contributed by atoms with Crippen LogP contribution < -0.4 is 5.32 Å². The molecule has 0 aliphatic carbocycles. The lowest BCUT2D eigenvalue weighted by atomic mass is 9.96. The fourth-order valence-electron chi connectivity index (χ4n) is 7.32. The van der Waals surface area contributed by atoms with Crippen LogP contribution in [0.25, 0.3) is 0 Å². The summed E-state index contributed by atoms with van der Waals surface area (Å²) in [4.78, 5) is 81.4. The van der Waals surface area contributed by atoms with Crippen LogP contribution in [0.5, 0.6) is 0 Å². The van der Waals surface area contributed by atoms with Gasteiger partial charge in [0.25, 0.3) is 0 Å². The molecule has 5 aromatic carbocycles. The van der Waals surface area contributed by atoms with E-state index in [2.05, 4.69) is 5.32 Å². The summed E-state index contributed by atoms with van der Waals surface area (Å²) >= 11 is 0. The summed E-state index contributed by atoms with van der Waals surface area (Å²) < 4.78 is 48.6. The number of esters is 5. The van der Waals surface area contributed by atoms with Crippen LogP contribution in [0, 0.1) is 0 Å². The van der Waals surface area contributed by atoms with E-state index in [0.29, 0.717) is 0 Å². The van der Waals surface area contributed by atoms with Gasteiger partial charge in [-0.1, -0.05) is 91.0 Å². The van der Waals surface area contributed by atoms with Gasteiger partial charge >= 0.3 is 29.8 Å². The number of aliphatic hydroxyl groups is 2. The molecule has 2 saturated heterocycles. The number of hydrogen-bond donors (Lipinski definition) is 3. The first-order valence-electron chi connectivity index (χ1n) is 20.8. The van der Waals surface area contributed by atoms with E-state index in [9.17, 15) is 39.0 Å². The highest BCUT2D eigenvalue weighted by atomic mass is 16.8. The molecule has 1 amide bonds. The second-order valence-corrected chi connectivity index (χ2v) is 15.0. The van der Waals surface area contributed by atoms with Crippen molar-refractivity contribution in [2.75, 3.05) is 13.2 Å². The molecule has 5 aromatic rings. The molecule has 0 radical (unpaired) electrons. The standard InChI is InChI=1S/C49H45NO16/c1-29(52)50-37-40(62-45(55)32-21-11-4-12-22-32)38(35(27-51)60-48(37)58)65-49-42(64-47(57)34-25-15-6-16-26-34)41(63-46(56)33-23-13-5-14-24-33)39(66-49)36(61-44(54)31-19-9-3-10-20-31)28-59-43(53)30-17-7-2-8-18-30/h2-26,35-42,48-49,51,58H,27-28H2,1H3,(H,50,52)/t35-,36-,37-,38-,39+,40-,41+,42-,48+,49-/m1/s1. The first-order valence-corrected chi connectivity index (χ1v) is 20.8. The summed E-state index contributed by atoms with van der Waals surface area (Å²) in [5, 5.41) is 24.3. The van der Waals surface area contributed by atoms with Crippen LogP contribution in [-0.4, -0.2) is 121 Å². The van der Waals surface area contributed by atoms with Crippen LogP contribution in [0.15, 0.2) is 152 Å². The van der Waals surface area contributed by atoms with Crippen LogP contribution in [-0.2, 0) is 42.7 Å². The lowest BCUT2D eigenvalue weighted by Crippen LogP contribution is -2.66. The minimum absolute atomic E-state index is 0.0504. The van der Waals surface area contributed by atoms with Gasteiger partial charge in [0, 0.05) is 6.92 Å². The average Bonchev–Trinajstić information content (AvgIpc) is 3.67. The SMILES string of the molecule is CC(=O)N[C@@H]1[C@@H](OC(=O)c2ccccc2)[C@H](O[C@@H]2O[C@@H]([C@@H](COC(=O)c3ccccc3)OC(=O)c3ccccc3)[C@H](OC(=O)c3ccccc3)[C@H]2OC(=O)c2ccccc2)[C@@H](CO)O[C@@H]1O. The minimum atomic E-state index is -1.88. The highest BCUT2D eigenvalue weighted by molar-refractivity contribution is 5.92. The van der Waals surface area contributed by atoms with E-state index < -0.39 is 110 Å². The molecule has 342 valence electrons. The van der Waals surface area contributed by atoms with Gasteiger partial charge < -0.3 is 53.4 Å². The Morgan fingerprint density at radius 2 is 0.955 bits per heavy atom. The Bertz CT molecular complexity index is 2430. The van der Waals surface area contributed by atoms with Crippen LogP contribution in [0.1, 0.15) is 58.7 Å². The predicted molar refractivity (Wildman–Crippen MR) is 228 cm³/mol. The number of aliphatic hydroxyl groups excluding tert-OH is 2. The molecule has 0 bridgehead atoms. The number of amides is 1. The van der Waals surface area contributed by atoms with E-state index in [1.165, 1.54) is 60.7 Å². The third kappa shape index (κ3) is 11.5. The zero-order valence-corrected chi connectivity index (χ0v) is 35.2. The van der Waals surface area contributed by atoms with E-state index in [0.717, 1.165) is 6.92 Å². The molecule has 17 nitrogen and oxygen atoms in total. The summed E-state index contributed by atoms with van der Waals surface area (Å²) in [6.07, 6.45) is -15.4. The van der Waals surface area contributed by atoms with Crippen LogP contribution in [0.3, 0.4) is 0 Å². The van der Waals surface area contributed by atoms with Gasteiger partial charge in [0.15, 0.2) is 37.0 Å². The van der Waals surface area contributed by atoms with Gasteiger partial charge in [0.1, 0.15) is 31.0 Å². The number of ether oxygens (including phenoxy) is 8. The molecule has 2 fully saturated rings. The molecule has 2 aliphatic rings. The van der Waals surface area contributed by atoms with Gasteiger partial charge in [-0.15, -0.1) is 0 Å². The fraction of sp³-hybridized carbons (Fsp3) is 0.265. The highest BCUT2D eigenvalue weighted by Gasteiger charge is 2.58. The second-order valence-electron chi connectivity index (χ2n) is 15.0. The maximum absolute atomic E-state index is 14.0. The molecule has 10 atom stereocenters. The zero-order chi connectivity index (χ0) is 46.6. The molecule has 2 aliphatic heterocycles. The Morgan fingerprint density at radius 1 is 0.545 bits per heavy atom. The quantitative estimate of drug-likeness (QED) is 0.0937. The molecular formula is C49H45NO16. The molecule has 0 unspecified atom stereocenters. The van der Waals surface area contributed by atoms with Crippen molar-refractivity contribution in [3.05, 3.63) is 179 Å². The number of rotatable bonds is 16. The van der Waals surface area contributed by atoms with Crippen LogP contribution >= 0.6 is 0 Å². The highest BCUT2D eigenvalue weighted by Crippen LogP contribution is 2.36. The van der Waals surface area contributed by atoms with Crippen molar-refractivity contribution in [2.45, 2.75) is 68.3 Å². The van der Waals surface area contributed by atoms with Crippen molar-refractivity contribution in [3.8, 4) is 0 Å². The van der Waals surface area contributed by atoms with Crippen molar-refractivity contribution in [1.82, 2.24) is 5.32 Å². The van der Waals surface area contributed by atoms with Crippen molar-refractivity contribution >= 4 is 35.8 Å². The van der Waals surface area contributed by atoms with Crippen molar-refractivity contribution < 1.29 is 76.9 Å². The maximum atomic E-state index is 14.0. The monoisotopic (exact) mass is 903 g/mol. The predicted octanol–water partition coefficient (Wildman–Crippen LogP) is 4.07. The normalized spacial score (nSPS) is 23.9. The Hall–Kier alpha value is -7.28. The summed E-state index contributed by atoms with van der Waals surface area (Å²) in [5.41, 5.74) is 0.424. The third-order valence-electron chi connectivity index (χ3n) is 10.5. The molecule has 0 spiro atoms. The molecule has 3 N–H and O–H groups in total. The number of nitrogens with one attached hydrogen (secondary N) is 1. The lowest BCUT2D eigenvalue weighted by molar-refractivity contribution is -0.299. The van der Waals surface area contributed by atoms with Crippen molar-refractivity contribution in [3.63, 3.8) is 0 Å². The number of carbonyl (C=O) groups is 6. The van der Waals surface area contributed by atoms with Gasteiger partial charge in [0.2, 0.25) is 5.91 Å². The molecular weight excluding hydrogens is 859 g/mol. The second kappa shape index (κ2) is 22.1. The van der Waals surface area contributed by atoms with Gasteiger partial charge in [-0.3, -0.25) is 4.79 Å². The van der Waals surface area contributed by atoms with Gasteiger partial charge in [0.05, 0.1) is 34.4 Å². The molecule has 0 saturated carbocycles. The van der Waals surface area contributed by atoms with E-state index in [4.69, 9.17) is 37.9 Å². The van der Waals surface area contributed by atoms with Crippen LogP contribution in [0.2, 0.25) is 0 Å². The summed E-state index contributed by atoms with van der Waals surface area (Å²) in [7, 11) is 0. The van der Waals surface area contributed by atoms with Crippen LogP contribution in [0.4, 0.5) is 0 Å². The number of benzene rings is 5. The molecule has 2 heterocycles. The minimum Gasteiger partial charge on any atom is -0.458 e. The van der Waals surface area contributed by atoms with E-state index >= 15 is 0 Å². The summed E-state index contributed by atoms with van der Waals surface area (Å²) in [6, 6.07) is 37.5. The lowest BCUT2D eigenvalue weighted by Gasteiger charge is -2.44. The molecule has 66 heavy (non-hydrogen) atoms. The largest absolute Gasteiger partial charge is 0.458 e. The average molecular weight is 904 g/mol. The van der Waals surface area contributed by atoms with Gasteiger partial charge in [-0.25, -0.2) is 24.0 Å². The van der Waals surface area contributed by atoms with Gasteiger partial charge in [-0.05, 0) is 60.7 Å². The van der Waals surface area contributed by atoms with E-state index in [-0.39, 0.29) is 27.8 Å². The third-order valence-corrected chi connectivity index (χ3v) is 10.5. The van der Waals surface area contributed by atoms with E-state index in [1.807, 2.05) is 0 Å². The Morgan fingerprint density at radius 3 is 1.39 bits per heavy atom. The van der Waals surface area contributed by atoms with E-state index in [1.54, 1.807) is 91.0 Å². The Labute approximate surface area is 378 Å². The topological polar surface area (TPSA) is 229 Å². The zero-order valence-electron chi connectivity index (χ0n) is 35.2. The summed E-state index contributed by atoms with van der Waals surface area (Å²) in [6.45, 7) is -0.423. The number of carbonyl (C=O) groups excluding carboxylic acids is 6. The fourth-order valence-corrected chi connectivity index (χ4v) is 7.32. The Kier molecular flexibility index (Phi) is 15.6. The summed E-state index contributed by atoms with van der Waals surface area (Å²) in [5.74, 6) is -5.21. The Balaban J connectivity index is 1.32. The van der Waals surface area contributed by atoms with Crippen molar-refractivity contribution in [1.29, 1.82) is 0 Å². The maximum Gasteiger partial charge on any atom is 0.338 e. The molecule has 0 aromatic heterocycles. The molecule has 7 rings (SSSR count). The first-order chi connectivity index (χ1) is 32.0.